The standard InChI is InChI=1S/C17H30NO/c1-13-9-11-18(12-10-13)16(19)14-5-7-15(8-6-14)17(2,3)4/h13-15H,1,5-12H2,2-4H3/t14-,15+. The van der Waals surface area contributed by atoms with Crippen molar-refractivity contribution >= 4 is 5.91 Å². The van der Waals surface area contributed by atoms with Gasteiger partial charge in [-0.1, -0.05) is 27.7 Å². The molecule has 0 N–H and O–H groups in total. The molecule has 0 aromatic heterocycles. The molecule has 1 amide bonds. The molecular weight excluding hydrogens is 234 g/mol. The van der Waals surface area contributed by atoms with Crippen LogP contribution in [0.2, 0.25) is 0 Å². The maximum Gasteiger partial charge on any atom is 0.225 e. The van der Waals surface area contributed by atoms with Crippen LogP contribution in [-0.2, 0) is 4.79 Å². The third-order valence-electron chi connectivity index (χ3n) is 5.23. The average Bonchev–Trinajstić information content (AvgIpc) is 2.38. The fourth-order valence-electron chi connectivity index (χ4n) is 3.62. The number of amides is 1. The van der Waals surface area contributed by atoms with E-state index in [2.05, 4.69) is 32.6 Å². The van der Waals surface area contributed by atoms with Gasteiger partial charge in [-0.2, -0.15) is 0 Å². The maximum absolute atomic E-state index is 12.5. The van der Waals surface area contributed by atoms with E-state index < -0.39 is 0 Å². The SMILES string of the molecule is [CH2]C1CCN(C(=O)[C@H]2CC[C@@H](C(C)(C)C)CC2)CC1. The first-order chi connectivity index (χ1) is 8.88. The lowest BCUT2D eigenvalue weighted by atomic mass is 9.69. The highest BCUT2D eigenvalue weighted by atomic mass is 16.2. The minimum atomic E-state index is 0.306. The molecule has 0 atom stereocenters. The van der Waals surface area contributed by atoms with Gasteiger partial charge in [-0.05, 0) is 55.8 Å². The van der Waals surface area contributed by atoms with E-state index in [9.17, 15) is 4.79 Å². The molecule has 1 radical (unpaired) electrons. The molecule has 0 unspecified atom stereocenters. The number of carbonyl (C=O) groups is 1. The zero-order chi connectivity index (χ0) is 14.0. The summed E-state index contributed by atoms with van der Waals surface area (Å²) < 4.78 is 0. The quantitative estimate of drug-likeness (QED) is 0.703. The predicted molar refractivity (Wildman–Crippen MR) is 79.6 cm³/mol. The number of likely N-dealkylation sites (tertiary alicyclic amines) is 1. The van der Waals surface area contributed by atoms with Crippen LogP contribution in [0.25, 0.3) is 0 Å². The van der Waals surface area contributed by atoms with Crippen LogP contribution in [0.4, 0.5) is 0 Å². The van der Waals surface area contributed by atoms with Crippen LogP contribution in [0.1, 0.15) is 59.3 Å². The van der Waals surface area contributed by atoms with Gasteiger partial charge in [0.25, 0.3) is 0 Å². The van der Waals surface area contributed by atoms with Gasteiger partial charge < -0.3 is 4.90 Å². The molecule has 2 heteroatoms. The Balaban J connectivity index is 1.82. The molecule has 1 aliphatic carbocycles. The van der Waals surface area contributed by atoms with E-state index >= 15 is 0 Å². The van der Waals surface area contributed by atoms with E-state index in [1.165, 1.54) is 12.8 Å². The summed E-state index contributed by atoms with van der Waals surface area (Å²) in [7, 11) is 0. The second-order valence-corrected chi connectivity index (χ2v) is 7.68. The van der Waals surface area contributed by atoms with Crippen molar-refractivity contribution in [2.75, 3.05) is 13.1 Å². The van der Waals surface area contributed by atoms with E-state index in [0.717, 1.165) is 44.7 Å². The third kappa shape index (κ3) is 3.73. The summed E-state index contributed by atoms with van der Waals surface area (Å²) in [4.78, 5) is 14.6. The number of hydrogen-bond acceptors (Lipinski definition) is 1. The molecule has 1 saturated carbocycles. The lowest BCUT2D eigenvalue weighted by molar-refractivity contribution is -0.138. The van der Waals surface area contributed by atoms with Crippen molar-refractivity contribution < 1.29 is 4.79 Å². The first kappa shape index (κ1) is 14.9. The van der Waals surface area contributed by atoms with Gasteiger partial charge in [0.1, 0.15) is 0 Å². The fraction of sp³-hybridized carbons (Fsp3) is 0.882. The van der Waals surface area contributed by atoms with Crippen molar-refractivity contribution in [1.82, 2.24) is 4.90 Å². The Morgan fingerprint density at radius 1 is 1.00 bits per heavy atom. The second-order valence-electron chi connectivity index (χ2n) is 7.68. The summed E-state index contributed by atoms with van der Waals surface area (Å²) in [5.41, 5.74) is 0.403. The van der Waals surface area contributed by atoms with Crippen molar-refractivity contribution in [3.63, 3.8) is 0 Å². The molecule has 0 aromatic rings. The number of hydrogen-bond donors (Lipinski definition) is 0. The highest BCUT2D eigenvalue weighted by Gasteiger charge is 2.34. The minimum absolute atomic E-state index is 0.306. The molecule has 19 heavy (non-hydrogen) atoms. The highest BCUT2D eigenvalue weighted by Crippen LogP contribution is 2.40. The lowest BCUT2D eigenvalue weighted by Crippen LogP contribution is -2.42. The van der Waals surface area contributed by atoms with E-state index in [0.29, 0.717) is 23.2 Å². The smallest absolute Gasteiger partial charge is 0.225 e. The molecule has 0 bridgehead atoms. The molecule has 2 rings (SSSR count). The Bertz CT molecular complexity index is 302. The number of piperidine rings is 1. The molecular formula is C17H30NO. The van der Waals surface area contributed by atoms with Crippen LogP contribution in [0.15, 0.2) is 0 Å². The molecule has 2 aliphatic rings. The van der Waals surface area contributed by atoms with E-state index in [4.69, 9.17) is 0 Å². The summed E-state index contributed by atoms with van der Waals surface area (Å²) in [5.74, 6) is 2.09. The maximum atomic E-state index is 12.5. The lowest BCUT2D eigenvalue weighted by Gasteiger charge is -2.39. The normalized spacial score (nSPS) is 30.4. The Hall–Kier alpha value is -0.530. The first-order valence-corrected chi connectivity index (χ1v) is 8.00. The minimum Gasteiger partial charge on any atom is -0.342 e. The van der Waals surface area contributed by atoms with Gasteiger partial charge in [-0.25, -0.2) is 0 Å². The summed E-state index contributed by atoms with van der Waals surface area (Å²) in [5, 5.41) is 0. The predicted octanol–water partition coefficient (Wildman–Crippen LogP) is 3.91. The second kappa shape index (κ2) is 5.85. The van der Waals surface area contributed by atoms with Gasteiger partial charge in [0.05, 0.1) is 0 Å². The van der Waals surface area contributed by atoms with Gasteiger partial charge in [-0.15, -0.1) is 0 Å². The Labute approximate surface area is 118 Å². The van der Waals surface area contributed by atoms with Gasteiger partial charge in [0.2, 0.25) is 5.91 Å². The summed E-state index contributed by atoms with van der Waals surface area (Å²) in [6, 6.07) is 0. The van der Waals surface area contributed by atoms with E-state index in [1.54, 1.807) is 0 Å². The summed E-state index contributed by atoms with van der Waals surface area (Å²) in [6.07, 6.45) is 6.83. The molecule has 0 aromatic carbocycles. The fourth-order valence-corrected chi connectivity index (χ4v) is 3.62. The zero-order valence-corrected chi connectivity index (χ0v) is 13.0. The summed E-state index contributed by atoms with van der Waals surface area (Å²) >= 11 is 0. The van der Waals surface area contributed by atoms with Crippen molar-refractivity contribution in [1.29, 1.82) is 0 Å². The van der Waals surface area contributed by atoms with E-state index in [1.807, 2.05) is 0 Å². The molecule has 2 fully saturated rings. The van der Waals surface area contributed by atoms with Crippen LogP contribution < -0.4 is 0 Å². The third-order valence-corrected chi connectivity index (χ3v) is 5.23. The topological polar surface area (TPSA) is 20.3 Å². The Kier molecular flexibility index (Phi) is 4.58. The van der Waals surface area contributed by atoms with Crippen molar-refractivity contribution in [3.8, 4) is 0 Å². The molecule has 1 saturated heterocycles. The molecule has 109 valence electrons. The Morgan fingerprint density at radius 2 is 1.53 bits per heavy atom. The van der Waals surface area contributed by atoms with Crippen molar-refractivity contribution in [3.05, 3.63) is 6.92 Å². The van der Waals surface area contributed by atoms with Crippen LogP contribution in [0.5, 0.6) is 0 Å². The van der Waals surface area contributed by atoms with E-state index in [-0.39, 0.29) is 0 Å². The van der Waals surface area contributed by atoms with Gasteiger partial charge in [-0.3, -0.25) is 4.79 Å². The Morgan fingerprint density at radius 3 is 2.00 bits per heavy atom. The number of nitrogens with zero attached hydrogens (tertiary/aromatic N) is 1. The van der Waals surface area contributed by atoms with Crippen molar-refractivity contribution in [2.45, 2.75) is 59.3 Å². The van der Waals surface area contributed by atoms with Crippen LogP contribution in [0, 0.1) is 30.1 Å². The molecule has 2 nitrogen and oxygen atoms in total. The molecule has 1 heterocycles. The molecule has 1 aliphatic heterocycles. The highest BCUT2D eigenvalue weighted by molar-refractivity contribution is 5.79. The first-order valence-electron chi connectivity index (χ1n) is 8.00. The van der Waals surface area contributed by atoms with Crippen molar-refractivity contribution in [2.24, 2.45) is 23.2 Å². The van der Waals surface area contributed by atoms with Crippen LogP contribution in [-0.4, -0.2) is 23.9 Å². The zero-order valence-electron chi connectivity index (χ0n) is 13.0. The number of rotatable bonds is 1. The van der Waals surface area contributed by atoms with Gasteiger partial charge in [0, 0.05) is 19.0 Å². The van der Waals surface area contributed by atoms with Gasteiger partial charge >= 0.3 is 0 Å². The largest absolute Gasteiger partial charge is 0.342 e. The average molecular weight is 264 g/mol. The van der Waals surface area contributed by atoms with Gasteiger partial charge in [0.15, 0.2) is 0 Å². The monoisotopic (exact) mass is 264 g/mol. The molecule has 0 spiro atoms. The number of carbonyl (C=O) groups excluding carboxylic acids is 1. The van der Waals surface area contributed by atoms with Crippen LogP contribution in [0.3, 0.4) is 0 Å². The summed E-state index contributed by atoms with van der Waals surface area (Å²) in [6.45, 7) is 13.0. The van der Waals surface area contributed by atoms with Crippen LogP contribution >= 0.6 is 0 Å².